The minimum absolute atomic E-state index is 1.11. The molecule has 1 heteroatoms. The lowest BCUT2D eigenvalue weighted by molar-refractivity contribution is 0.581. The standard InChI is InChI=1S/C18H31N/c1-4-5-6-7-8-9-10-11-14-19-18-15-16(2)12-13-17(18)3/h12-13,15,19H,4-11,14H2,1-3H3. The van der Waals surface area contributed by atoms with E-state index in [-0.39, 0.29) is 0 Å². The molecule has 1 N–H and O–H groups in total. The highest BCUT2D eigenvalue weighted by atomic mass is 14.9. The van der Waals surface area contributed by atoms with E-state index < -0.39 is 0 Å². The topological polar surface area (TPSA) is 12.0 Å². The highest BCUT2D eigenvalue weighted by Gasteiger charge is 1.97. The molecule has 0 saturated heterocycles. The third kappa shape index (κ3) is 7.25. The van der Waals surface area contributed by atoms with Crippen molar-refractivity contribution in [2.45, 2.75) is 72.1 Å². The van der Waals surface area contributed by atoms with Crippen LogP contribution in [-0.2, 0) is 0 Å². The molecule has 19 heavy (non-hydrogen) atoms. The van der Waals surface area contributed by atoms with Crippen molar-refractivity contribution >= 4 is 5.69 Å². The maximum atomic E-state index is 3.56. The van der Waals surface area contributed by atoms with E-state index >= 15 is 0 Å². The molecular formula is C18H31N. The normalized spacial score (nSPS) is 10.7. The van der Waals surface area contributed by atoms with Crippen LogP contribution in [0.15, 0.2) is 18.2 Å². The summed E-state index contributed by atoms with van der Waals surface area (Å²) < 4.78 is 0. The third-order valence-corrected chi connectivity index (χ3v) is 3.74. The van der Waals surface area contributed by atoms with Gasteiger partial charge in [-0.3, -0.25) is 0 Å². The second-order valence-electron chi connectivity index (χ2n) is 5.72. The van der Waals surface area contributed by atoms with Crippen LogP contribution < -0.4 is 5.32 Å². The summed E-state index contributed by atoms with van der Waals surface area (Å²) in [4.78, 5) is 0. The van der Waals surface area contributed by atoms with Crippen LogP contribution in [0.1, 0.15) is 69.4 Å². The van der Waals surface area contributed by atoms with Crippen LogP contribution in [0.4, 0.5) is 5.69 Å². The summed E-state index contributed by atoms with van der Waals surface area (Å²) in [7, 11) is 0. The number of hydrogen-bond donors (Lipinski definition) is 1. The predicted octanol–water partition coefficient (Wildman–Crippen LogP) is 5.86. The molecule has 0 spiro atoms. The van der Waals surface area contributed by atoms with Crippen LogP contribution in [0.3, 0.4) is 0 Å². The molecule has 0 unspecified atom stereocenters. The van der Waals surface area contributed by atoms with Crippen LogP contribution in [0, 0.1) is 13.8 Å². The first-order chi connectivity index (χ1) is 9.24. The fourth-order valence-electron chi connectivity index (χ4n) is 2.41. The fourth-order valence-corrected chi connectivity index (χ4v) is 2.41. The molecule has 0 radical (unpaired) electrons. The average molecular weight is 261 g/mol. The molecule has 1 aromatic carbocycles. The van der Waals surface area contributed by atoms with Crippen molar-refractivity contribution in [3.05, 3.63) is 29.3 Å². The van der Waals surface area contributed by atoms with E-state index in [9.17, 15) is 0 Å². The number of hydrogen-bond acceptors (Lipinski definition) is 1. The molecule has 0 fully saturated rings. The molecule has 0 aromatic heterocycles. The largest absolute Gasteiger partial charge is 0.385 e. The SMILES string of the molecule is CCCCCCCCCCNc1cc(C)ccc1C. The van der Waals surface area contributed by atoms with Gasteiger partial charge in [0.05, 0.1) is 0 Å². The number of rotatable bonds is 10. The van der Waals surface area contributed by atoms with Gasteiger partial charge in [0, 0.05) is 12.2 Å². The van der Waals surface area contributed by atoms with Gasteiger partial charge in [0.15, 0.2) is 0 Å². The number of nitrogens with one attached hydrogen (secondary N) is 1. The molecule has 0 aliphatic heterocycles. The molecule has 0 bridgehead atoms. The molecule has 1 nitrogen and oxygen atoms in total. The fraction of sp³-hybridized carbons (Fsp3) is 0.667. The lowest BCUT2D eigenvalue weighted by Gasteiger charge is -2.10. The van der Waals surface area contributed by atoms with E-state index in [1.54, 1.807) is 0 Å². The summed E-state index contributed by atoms with van der Waals surface area (Å²) in [5, 5.41) is 3.56. The van der Waals surface area contributed by atoms with Gasteiger partial charge in [-0.2, -0.15) is 0 Å². The van der Waals surface area contributed by atoms with Gasteiger partial charge < -0.3 is 5.32 Å². The third-order valence-electron chi connectivity index (χ3n) is 3.74. The van der Waals surface area contributed by atoms with Crippen LogP contribution in [-0.4, -0.2) is 6.54 Å². The van der Waals surface area contributed by atoms with Gasteiger partial charge in [0.2, 0.25) is 0 Å². The van der Waals surface area contributed by atoms with Gasteiger partial charge in [0.25, 0.3) is 0 Å². The van der Waals surface area contributed by atoms with Gasteiger partial charge in [-0.05, 0) is 37.5 Å². The van der Waals surface area contributed by atoms with Crippen LogP contribution >= 0.6 is 0 Å². The van der Waals surface area contributed by atoms with E-state index in [2.05, 4.69) is 44.3 Å². The Labute approximate surface area is 119 Å². The van der Waals surface area contributed by atoms with Gasteiger partial charge in [-0.15, -0.1) is 0 Å². The van der Waals surface area contributed by atoms with Crippen molar-refractivity contribution in [3.8, 4) is 0 Å². The molecule has 0 atom stereocenters. The molecule has 0 aliphatic carbocycles. The van der Waals surface area contributed by atoms with E-state index in [1.165, 1.54) is 68.2 Å². The number of anilines is 1. The van der Waals surface area contributed by atoms with Gasteiger partial charge in [-0.1, -0.05) is 64.0 Å². The van der Waals surface area contributed by atoms with Crippen molar-refractivity contribution < 1.29 is 0 Å². The predicted molar refractivity (Wildman–Crippen MR) is 87.0 cm³/mol. The number of unbranched alkanes of at least 4 members (excludes halogenated alkanes) is 7. The van der Waals surface area contributed by atoms with Gasteiger partial charge in [0.1, 0.15) is 0 Å². The van der Waals surface area contributed by atoms with E-state index in [1.807, 2.05) is 0 Å². The molecular weight excluding hydrogens is 230 g/mol. The summed E-state index contributed by atoms with van der Waals surface area (Å²) in [6.45, 7) is 7.72. The Morgan fingerprint density at radius 3 is 2.16 bits per heavy atom. The van der Waals surface area contributed by atoms with Crippen molar-refractivity contribution in [1.29, 1.82) is 0 Å². The Balaban J connectivity index is 2.03. The molecule has 0 aliphatic rings. The van der Waals surface area contributed by atoms with Crippen molar-refractivity contribution in [3.63, 3.8) is 0 Å². The Bertz CT molecular complexity index is 344. The summed E-state index contributed by atoms with van der Waals surface area (Å²) in [6, 6.07) is 6.63. The highest BCUT2D eigenvalue weighted by Crippen LogP contribution is 2.16. The Kier molecular flexibility index (Phi) is 8.36. The molecule has 0 amide bonds. The molecule has 1 aromatic rings. The maximum absolute atomic E-state index is 3.56. The lowest BCUT2D eigenvalue weighted by Crippen LogP contribution is -2.03. The Hall–Kier alpha value is -0.980. The Morgan fingerprint density at radius 2 is 1.47 bits per heavy atom. The molecule has 0 saturated carbocycles. The quantitative estimate of drug-likeness (QED) is 0.520. The minimum Gasteiger partial charge on any atom is -0.385 e. The molecule has 0 heterocycles. The number of aryl methyl sites for hydroxylation is 2. The minimum atomic E-state index is 1.11. The second-order valence-corrected chi connectivity index (χ2v) is 5.72. The molecule has 108 valence electrons. The summed E-state index contributed by atoms with van der Waals surface area (Å²) >= 11 is 0. The number of benzene rings is 1. The van der Waals surface area contributed by atoms with Gasteiger partial charge in [-0.25, -0.2) is 0 Å². The first kappa shape index (κ1) is 16.1. The van der Waals surface area contributed by atoms with Crippen LogP contribution in [0.25, 0.3) is 0 Å². The van der Waals surface area contributed by atoms with Gasteiger partial charge >= 0.3 is 0 Å². The maximum Gasteiger partial charge on any atom is 0.0372 e. The average Bonchev–Trinajstić information content (AvgIpc) is 2.40. The highest BCUT2D eigenvalue weighted by molar-refractivity contribution is 5.52. The van der Waals surface area contributed by atoms with E-state index in [4.69, 9.17) is 0 Å². The zero-order valence-corrected chi connectivity index (χ0v) is 13.1. The monoisotopic (exact) mass is 261 g/mol. The Morgan fingerprint density at radius 1 is 0.842 bits per heavy atom. The lowest BCUT2D eigenvalue weighted by atomic mass is 10.1. The van der Waals surface area contributed by atoms with Crippen LogP contribution in [0.2, 0.25) is 0 Å². The zero-order valence-electron chi connectivity index (χ0n) is 13.1. The van der Waals surface area contributed by atoms with Crippen molar-refractivity contribution in [1.82, 2.24) is 0 Å². The van der Waals surface area contributed by atoms with Crippen LogP contribution in [0.5, 0.6) is 0 Å². The summed E-state index contributed by atoms with van der Waals surface area (Å²) in [5.74, 6) is 0. The molecule has 1 rings (SSSR count). The summed E-state index contributed by atoms with van der Waals surface area (Å²) in [5.41, 5.74) is 4.00. The zero-order chi connectivity index (χ0) is 13.9. The first-order valence-electron chi connectivity index (χ1n) is 8.05. The van der Waals surface area contributed by atoms with Crippen molar-refractivity contribution in [2.75, 3.05) is 11.9 Å². The van der Waals surface area contributed by atoms with E-state index in [0.29, 0.717) is 0 Å². The second kappa shape index (κ2) is 9.89. The van der Waals surface area contributed by atoms with Crippen molar-refractivity contribution in [2.24, 2.45) is 0 Å². The first-order valence-corrected chi connectivity index (χ1v) is 8.05. The smallest absolute Gasteiger partial charge is 0.0372 e. The summed E-state index contributed by atoms with van der Waals surface area (Å²) in [6.07, 6.45) is 11.1. The van der Waals surface area contributed by atoms with E-state index in [0.717, 1.165) is 6.54 Å².